The minimum atomic E-state index is -5.72. The van der Waals surface area contributed by atoms with E-state index in [9.17, 15) is 24.0 Å². The van der Waals surface area contributed by atoms with E-state index in [0.29, 0.717) is 0 Å². The predicted octanol–water partition coefficient (Wildman–Crippen LogP) is -1.64. The van der Waals surface area contributed by atoms with Gasteiger partial charge in [-0.05, 0) is 11.6 Å². The van der Waals surface area contributed by atoms with Gasteiger partial charge < -0.3 is 33.8 Å². The van der Waals surface area contributed by atoms with Crippen molar-refractivity contribution in [1.29, 1.82) is 0 Å². The van der Waals surface area contributed by atoms with Crippen LogP contribution in [0.2, 0.25) is 0 Å². The molecule has 96 valence electrons. The molecule has 1 rings (SSSR count). The monoisotopic (exact) mass is 281 g/mol. The molecule has 0 aliphatic heterocycles. The Kier molecular flexibility index (Phi) is 3.91. The first-order chi connectivity index (χ1) is 7.58. The van der Waals surface area contributed by atoms with Crippen LogP contribution in [-0.2, 0) is 15.6 Å². The number of aliphatic hydroxyl groups is 1. The second kappa shape index (κ2) is 4.59. The van der Waals surface area contributed by atoms with Crippen molar-refractivity contribution in [2.24, 2.45) is 0 Å². The molecule has 17 heavy (non-hydrogen) atoms. The molecule has 2 unspecified atom stereocenters. The maximum Gasteiger partial charge on any atom is 0.195 e. The Morgan fingerprint density at radius 3 is 2.18 bits per heavy atom. The van der Waals surface area contributed by atoms with E-state index in [2.05, 4.69) is 4.98 Å². The lowest BCUT2D eigenvalue weighted by molar-refractivity contribution is -0.226. The lowest BCUT2D eigenvalue weighted by atomic mass is 10.2. The number of hydrogen-bond donors (Lipinski definition) is 3. The maximum absolute atomic E-state index is 10.9. The third-order valence-corrected chi connectivity index (χ3v) is 5.71. The van der Waals surface area contributed by atoms with Gasteiger partial charge in [-0.1, -0.05) is 6.07 Å². The Morgan fingerprint density at radius 1 is 1.29 bits per heavy atom. The lowest BCUT2D eigenvalue weighted by Gasteiger charge is -2.42. The summed E-state index contributed by atoms with van der Waals surface area (Å²) in [5, 5.41) is 5.81. The van der Waals surface area contributed by atoms with Gasteiger partial charge >= 0.3 is 0 Å². The van der Waals surface area contributed by atoms with Gasteiger partial charge in [0.25, 0.3) is 0 Å². The first-order valence-electron chi connectivity index (χ1n) is 4.27. The van der Waals surface area contributed by atoms with Crippen molar-refractivity contribution in [3.63, 3.8) is 0 Å². The van der Waals surface area contributed by atoms with Crippen molar-refractivity contribution in [2.45, 2.75) is 11.5 Å². The minimum Gasteiger partial charge on any atom is -0.776 e. The van der Waals surface area contributed by atoms with Crippen LogP contribution in [0, 0.1) is 0 Å². The quantitative estimate of drug-likeness (QED) is 0.555. The third kappa shape index (κ3) is 3.00. The van der Waals surface area contributed by atoms with Crippen LogP contribution in [0.1, 0.15) is 5.56 Å². The van der Waals surface area contributed by atoms with E-state index in [-0.39, 0.29) is 5.56 Å². The molecule has 0 aliphatic rings. The highest BCUT2D eigenvalue weighted by Gasteiger charge is 2.47. The second-order valence-electron chi connectivity index (χ2n) is 3.35. The number of rotatable bonds is 4. The minimum absolute atomic E-state index is 0.0188. The number of pyridine rings is 1. The van der Waals surface area contributed by atoms with E-state index in [1.165, 1.54) is 18.3 Å². The van der Waals surface area contributed by atoms with Crippen LogP contribution in [-0.4, -0.2) is 25.0 Å². The molecule has 0 spiro atoms. The summed E-state index contributed by atoms with van der Waals surface area (Å²) in [5.41, 5.74) is 0.0188. The molecule has 8 nitrogen and oxygen atoms in total. The van der Waals surface area contributed by atoms with E-state index in [0.717, 1.165) is 6.20 Å². The zero-order valence-electron chi connectivity index (χ0n) is 8.33. The van der Waals surface area contributed by atoms with Gasteiger partial charge in [-0.25, -0.2) is 0 Å². The summed E-state index contributed by atoms with van der Waals surface area (Å²) in [4.78, 5) is 42.8. The van der Waals surface area contributed by atoms with Crippen LogP contribution >= 0.6 is 15.2 Å². The molecule has 0 radical (unpaired) electrons. The molecule has 10 heteroatoms. The van der Waals surface area contributed by atoms with Crippen molar-refractivity contribution >= 4 is 15.2 Å². The summed E-state index contributed by atoms with van der Waals surface area (Å²) in [6.07, 6.45) is 1.42. The lowest BCUT2D eigenvalue weighted by Crippen LogP contribution is -2.39. The van der Waals surface area contributed by atoms with E-state index in [1.54, 1.807) is 0 Å². The summed E-state index contributed by atoms with van der Waals surface area (Å²) in [6.45, 7) is 0. The SMILES string of the molecule is O=P([O-])(O)C(O)(Cc1cccnc1)P(=O)([O-])O. The van der Waals surface area contributed by atoms with E-state index in [4.69, 9.17) is 9.79 Å². The molecule has 0 aliphatic carbocycles. The fourth-order valence-electron chi connectivity index (χ4n) is 1.14. The summed E-state index contributed by atoms with van der Waals surface area (Å²) >= 11 is 0. The van der Waals surface area contributed by atoms with Crippen molar-refractivity contribution < 1.29 is 33.8 Å². The predicted molar refractivity (Wildman–Crippen MR) is 52.5 cm³/mol. The first-order valence-corrected chi connectivity index (χ1v) is 7.42. The molecule has 1 aromatic heterocycles. The average Bonchev–Trinajstić information content (AvgIpc) is 2.15. The molecule has 0 bridgehead atoms. The van der Waals surface area contributed by atoms with Gasteiger partial charge in [0.05, 0.1) is 0 Å². The highest BCUT2D eigenvalue weighted by molar-refractivity contribution is 7.70. The molecule has 0 saturated carbocycles. The Hall–Kier alpha value is -0.590. The standard InChI is InChI=1S/C7H11NO7P2/c9-7(16(10,11)12,17(13,14)15)4-6-2-1-3-8-5-6/h1-3,5,9H,4H2,(H2,10,11,12)(H2,13,14,15)/p-2. The van der Waals surface area contributed by atoms with Crippen LogP contribution in [0.25, 0.3) is 0 Å². The number of aromatic nitrogens is 1. The topological polar surface area (TPSA) is 154 Å². The molecule has 1 aromatic rings. The summed E-state index contributed by atoms with van der Waals surface area (Å²) in [7, 11) is -11.4. The van der Waals surface area contributed by atoms with Crippen molar-refractivity contribution in [1.82, 2.24) is 4.98 Å². The fraction of sp³-hybridized carbons (Fsp3) is 0.286. The highest BCUT2D eigenvalue weighted by atomic mass is 31.2. The largest absolute Gasteiger partial charge is 0.776 e. The van der Waals surface area contributed by atoms with Crippen molar-refractivity contribution in [3.05, 3.63) is 30.1 Å². The van der Waals surface area contributed by atoms with Gasteiger partial charge in [0, 0.05) is 18.8 Å². The molecular formula is C7H9NO7P2-2. The molecule has 2 atom stereocenters. The molecular weight excluding hydrogens is 272 g/mol. The molecule has 1 heterocycles. The third-order valence-electron chi connectivity index (χ3n) is 2.07. The average molecular weight is 281 g/mol. The van der Waals surface area contributed by atoms with E-state index < -0.39 is 26.7 Å². The first kappa shape index (κ1) is 14.5. The van der Waals surface area contributed by atoms with Crippen molar-refractivity contribution in [2.75, 3.05) is 0 Å². The van der Waals surface area contributed by atoms with Crippen LogP contribution in [0.15, 0.2) is 24.5 Å². The van der Waals surface area contributed by atoms with E-state index >= 15 is 0 Å². The zero-order chi connectivity index (χ0) is 13.3. The van der Waals surface area contributed by atoms with Gasteiger partial charge in [-0.3, -0.25) is 4.98 Å². The Morgan fingerprint density at radius 2 is 1.82 bits per heavy atom. The zero-order valence-corrected chi connectivity index (χ0v) is 10.1. The number of hydrogen-bond acceptors (Lipinski definition) is 6. The summed E-state index contributed by atoms with van der Waals surface area (Å²) in [6, 6.07) is 2.65. The molecule has 0 amide bonds. The maximum atomic E-state index is 10.9. The van der Waals surface area contributed by atoms with Crippen LogP contribution in [0.3, 0.4) is 0 Å². The summed E-state index contributed by atoms with van der Waals surface area (Å²) < 4.78 is 21.8. The van der Waals surface area contributed by atoms with Gasteiger partial charge in [-0.15, -0.1) is 0 Å². The number of nitrogens with zero attached hydrogens (tertiary/aromatic N) is 1. The molecule has 0 aromatic carbocycles. The Labute approximate surface area is 96.3 Å². The second-order valence-corrected chi connectivity index (χ2v) is 7.27. The van der Waals surface area contributed by atoms with Crippen LogP contribution < -0.4 is 9.79 Å². The molecule has 0 saturated heterocycles. The van der Waals surface area contributed by atoms with Gasteiger partial charge in [0.2, 0.25) is 0 Å². The highest BCUT2D eigenvalue weighted by Crippen LogP contribution is 2.64. The van der Waals surface area contributed by atoms with Gasteiger partial charge in [0.15, 0.2) is 20.3 Å². The summed E-state index contributed by atoms with van der Waals surface area (Å²) in [5.74, 6) is 0. The fourth-order valence-corrected chi connectivity index (χ4v) is 3.18. The van der Waals surface area contributed by atoms with E-state index in [1.807, 2.05) is 0 Å². The Bertz CT molecular complexity index is 456. The molecule has 3 N–H and O–H groups in total. The molecule has 0 fully saturated rings. The Balaban J connectivity index is 3.20. The van der Waals surface area contributed by atoms with Crippen LogP contribution in [0.5, 0.6) is 0 Å². The normalized spacial score (nSPS) is 22.2. The van der Waals surface area contributed by atoms with Crippen molar-refractivity contribution in [3.8, 4) is 0 Å². The van der Waals surface area contributed by atoms with Gasteiger partial charge in [0.1, 0.15) is 0 Å². The smallest absolute Gasteiger partial charge is 0.195 e. The van der Waals surface area contributed by atoms with Crippen LogP contribution in [0.4, 0.5) is 0 Å². The van der Waals surface area contributed by atoms with Gasteiger partial charge in [-0.2, -0.15) is 0 Å².